The van der Waals surface area contributed by atoms with Gasteiger partial charge < -0.3 is 23.7 Å². The quantitative estimate of drug-likeness (QED) is 0.768. The summed E-state index contributed by atoms with van der Waals surface area (Å²) in [6.45, 7) is 13.3. The van der Waals surface area contributed by atoms with Gasteiger partial charge in [-0.05, 0) is 47.9 Å². The van der Waals surface area contributed by atoms with Gasteiger partial charge in [-0.25, -0.2) is 0 Å². The molecule has 154 valence electrons. The number of rotatable bonds is 4. The number of fused-ring (bicyclic) bond motifs is 1. The fourth-order valence-corrected chi connectivity index (χ4v) is 3.07. The summed E-state index contributed by atoms with van der Waals surface area (Å²) in [4.78, 5) is 0. The van der Waals surface area contributed by atoms with Crippen LogP contribution in [0.1, 0.15) is 63.5 Å². The van der Waals surface area contributed by atoms with E-state index in [0.717, 1.165) is 24.3 Å². The highest BCUT2D eigenvalue weighted by atomic mass is 16.6. The summed E-state index contributed by atoms with van der Waals surface area (Å²) in [6.07, 6.45) is 2.19. The molecule has 27 heavy (non-hydrogen) atoms. The van der Waals surface area contributed by atoms with E-state index in [-0.39, 0.29) is 0 Å². The van der Waals surface area contributed by atoms with Crippen LogP contribution in [0.2, 0.25) is 0 Å². The molecular weight excluding hydrogens is 344 g/mol. The summed E-state index contributed by atoms with van der Waals surface area (Å²) >= 11 is 0. The highest BCUT2D eigenvalue weighted by Gasteiger charge is 2.19. The van der Waals surface area contributed by atoms with Gasteiger partial charge in [0.1, 0.15) is 13.2 Å². The zero-order chi connectivity index (χ0) is 19.5. The lowest BCUT2D eigenvalue weighted by atomic mass is 9.86. The van der Waals surface area contributed by atoms with Crippen molar-refractivity contribution in [2.45, 2.75) is 52.4 Å². The van der Waals surface area contributed by atoms with Gasteiger partial charge in [0, 0.05) is 0 Å². The number of hydrogen-bond acceptors (Lipinski definition) is 5. The van der Waals surface area contributed by atoms with Crippen LogP contribution in [-0.2, 0) is 14.2 Å². The zero-order valence-electron chi connectivity index (χ0n) is 17.4. The second-order valence-electron chi connectivity index (χ2n) is 7.08. The molecule has 0 fully saturated rings. The molecule has 1 aromatic carbocycles. The van der Waals surface area contributed by atoms with E-state index in [9.17, 15) is 0 Å². The van der Waals surface area contributed by atoms with Gasteiger partial charge >= 0.3 is 0 Å². The molecule has 5 heteroatoms. The summed E-state index contributed by atoms with van der Waals surface area (Å²) in [5, 5.41) is 0. The first-order valence-corrected chi connectivity index (χ1v) is 10.3. The van der Waals surface area contributed by atoms with Crippen molar-refractivity contribution in [1.82, 2.24) is 0 Å². The predicted molar refractivity (Wildman–Crippen MR) is 107 cm³/mol. The standard InChI is InChI=1S/C22H36O5/c1-5-17(3)19-15-21-22(16-20(19)18(4)6-2)27-14-12-25-10-8-23-7-9-24-11-13-26-21/h15-18H,5-14H2,1-4H3/t17-,18-/m1/s1. The molecule has 0 amide bonds. The Balaban J connectivity index is 2.25. The average molecular weight is 381 g/mol. The van der Waals surface area contributed by atoms with E-state index in [1.807, 2.05) is 0 Å². The van der Waals surface area contributed by atoms with Crippen LogP contribution in [0.5, 0.6) is 11.5 Å². The summed E-state index contributed by atoms with van der Waals surface area (Å²) in [6, 6.07) is 4.35. The second-order valence-corrected chi connectivity index (χ2v) is 7.08. The van der Waals surface area contributed by atoms with Crippen molar-refractivity contribution >= 4 is 0 Å². The highest BCUT2D eigenvalue weighted by Crippen LogP contribution is 2.39. The molecule has 5 nitrogen and oxygen atoms in total. The molecule has 2 rings (SSSR count). The SMILES string of the molecule is CC[C@@H](C)c1cc2c(cc1[C@H](C)CC)OCCOCCOCCOCCO2. The van der Waals surface area contributed by atoms with Crippen molar-refractivity contribution in [1.29, 1.82) is 0 Å². The maximum Gasteiger partial charge on any atom is 0.161 e. The van der Waals surface area contributed by atoms with Crippen LogP contribution < -0.4 is 9.47 Å². The molecule has 1 aliphatic heterocycles. The Kier molecular flexibility index (Phi) is 9.95. The molecule has 0 saturated carbocycles. The Morgan fingerprint density at radius 3 is 1.30 bits per heavy atom. The molecule has 1 heterocycles. The van der Waals surface area contributed by atoms with Crippen LogP contribution in [0.3, 0.4) is 0 Å². The van der Waals surface area contributed by atoms with Crippen molar-refractivity contribution < 1.29 is 23.7 Å². The molecule has 0 N–H and O–H groups in total. The van der Waals surface area contributed by atoms with Crippen molar-refractivity contribution in [2.24, 2.45) is 0 Å². The zero-order valence-corrected chi connectivity index (χ0v) is 17.4. The minimum Gasteiger partial charge on any atom is -0.487 e. The van der Waals surface area contributed by atoms with Gasteiger partial charge in [-0.3, -0.25) is 0 Å². The van der Waals surface area contributed by atoms with E-state index in [2.05, 4.69) is 39.8 Å². The minimum absolute atomic E-state index is 0.483. The van der Waals surface area contributed by atoms with Gasteiger partial charge in [0.25, 0.3) is 0 Å². The molecule has 0 radical (unpaired) electrons. The van der Waals surface area contributed by atoms with Crippen LogP contribution in [-0.4, -0.2) is 52.9 Å². The normalized spacial score (nSPS) is 19.6. The summed E-state index contributed by atoms with van der Waals surface area (Å²) in [5.74, 6) is 2.56. The molecule has 1 aliphatic rings. The fraction of sp³-hybridized carbons (Fsp3) is 0.727. The predicted octanol–water partition coefficient (Wildman–Crippen LogP) is 4.53. The van der Waals surface area contributed by atoms with Gasteiger partial charge in [-0.1, -0.05) is 27.7 Å². The van der Waals surface area contributed by atoms with E-state index in [0.29, 0.717) is 64.7 Å². The van der Waals surface area contributed by atoms with Crippen LogP contribution in [0.25, 0.3) is 0 Å². The fourth-order valence-electron chi connectivity index (χ4n) is 3.07. The maximum atomic E-state index is 6.04. The second kappa shape index (κ2) is 12.2. The van der Waals surface area contributed by atoms with E-state index in [1.54, 1.807) is 0 Å². The van der Waals surface area contributed by atoms with E-state index < -0.39 is 0 Å². The average Bonchev–Trinajstić information content (AvgIpc) is 2.70. The summed E-state index contributed by atoms with van der Waals surface area (Å²) < 4.78 is 28.7. The molecule has 0 unspecified atom stereocenters. The molecule has 2 atom stereocenters. The molecular formula is C22H36O5. The van der Waals surface area contributed by atoms with Crippen LogP contribution in [0.15, 0.2) is 12.1 Å². The first-order chi connectivity index (χ1) is 13.2. The van der Waals surface area contributed by atoms with E-state index in [1.165, 1.54) is 11.1 Å². The lowest BCUT2D eigenvalue weighted by Crippen LogP contribution is -2.13. The first kappa shape index (κ1) is 22.0. The Hall–Kier alpha value is -1.30. The lowest BCUT2D eigenvalue weighted by molar-refractivity contribution is 0.00708. The third-order valence-corrected chi connectivity index (χ3v) is 5.15. The summed E-state index contributed by atoms with van der Waals surface area (Å²) in [7, 11) is 0. The van der Waals surface area contributed by atoms with Gasteiger partial charge in [0.15, 0.2) is 11.5 Å². The van der Waals surface area contributed by atoms with Crippen molar-refractivity contribution in [3.05, 3.63) is 23.3 Å². The minimum atomic E-state index is 0.483. The third-order valence-electron chi connectivity index (χ3n) is 5.15. The number of ether oxygens (including phenoxy) is 5. The number of hydrogen-bond donors (Lipinski definition) is 0. The van der Waals surface area contributed by atoms with Crippen molar-refractivity contribution in [2.75, 3.05) is 52.9 Å². The monoisotopic (exact) mass is 380 g/mol. The molecule has 0 spiro atoms. The van der Waals surface area contributed by atoms with Crippen molar-refractivity contribution in [3.8, 4) is 11.5 Å². The van der Waals surface area contributed by atoms with Gasteiger partial charge in [0.2, 0.25) is 0 Å². The van der Waals surface area contributed by atoms with Crippen LogP contribution in [0, 0.1) is 0 Å². The number of benzene rings is 1. The third kappa shape index (κ3) is 6.98. The van der Waals surface area contributed by atoms with E-state index in [4.69, 9.17) is 23.7 Å². The Morgan fingerprint density at radius 1 is 0.630 bits per heavy atom. The van der Waals surface area contributed by atoms with Gasteiger partial charge in [0.05, 0.1) is 39.6 Å². The smallest absolute Gasteiger partial charge is 0.161 e. The highest BCUT2D eigenvalue weighted by molar-refractivity contribution is 5.49. The van der Waals surface area contributed by atoms with Gasteiger partial charge in [-0.15, -0.1) is 0 Å². The van der Waals surface area contributed by atoms with Crippen LogP contribution in [0.4, 0.5) is 0 Å². The lowest BCUT2D eigenvalue weighted by Gasteiger charge is -2.23. The Bertz CT molecular complexity index is 499. The van der Waals surface area contributed by atoms with Crippen LogP contribution >= 0.6 is 0 Å². The molecule has 0 aliphatic carbocycles. The topological polar surface area (TPSA) is 46.2 Å². The van der Waals surface area contributed by atoms with Gasteiger partial charge in [-0.2, -0.15) is 0 Å². The Morgan fingerprint density at radius 2 is 0.963 bits per heavy atom. The van der Waals surface area contributed by atoms with Crippen molar-refractivity contribution in [3.63, 3.8) is 0 Å². The van der Waals surface area contributed by atoms with E-state index >= 15 is 0 Å². The maximum absolute atomic E-state index is 6.04. The Labute approximate surface area is 164 Å². The largest absolute Gasteiger partial charge is 0.487 e. The molecule has 0 saturated heterocycles. The molecule has 0 aromatic heterocycles. The first-order valence-electron chi connectivity index (χ1n) is 10.3. The summed E-state index contributed by atoms with van der Waals surface area (Å²) in [5.41, 5.74) is 2.72. The molecule has 0 bridgehead atoms. The molecule has 1 aromatic rings.